The van der Waals surface area contributed by atoms with Gasteiger partial charge in [-0.1, -0.05) is 20.8 Å². The maximum Gasteiger partial charge on any atom is 0.185 e. The maximum atomic E-state index is 5.19. The fourth-order valence-electron chi connectivity index (χ4n) is 0.742. The number of hydrogen-bond donors (Lipinski definition) is 2. The predicted molar refractivity (Wildman–Crippen MR) is 52.9 cm³/mol. The number of nitrogens with zero attached hydrogens (tertiary/aromatic N) is 1. The van der Waals surface area contributed by atoms with Crippen molar-refractivity contribution < 1.29 is 0 Å². The van der Waals surface area contributed by atoms with Crippen molar-refractivity contribution in [1.29, 1.82) is 0 Å². The molecule has 0 bridgehead atoms. The SMILES string of the molecule is CC(C)SC(C)CN=C(N)N. The molecule has 11 heavy (non-hydrogen) atoms. The van der Waals surface area contributed by atoms with Crippen LogP contribution in [0.2, 0.25) is 0 Å². The molecular formula is C7H17N3S. The van der Waals surface area contributed by atoms with E-state index in [0.29, 0.717) is 17.0 Å². The van der Waals surface area contributed by atoms with E-state index in [1.165, 1.54) is 0 Å². The van der Waals surface area contributed by atoms with Crippen molar-refractivity contribution in [2.45, 2.75) is 31.3 Å². The zero-order valence-corrected chi connectivity index (χ0v) is 8.19. The van der Waals surface area contributed by atoms with Crippen LogP contribution in [0.1, 0.15) is 20.8 Å². The first kappa shape index (κ1) is 10.6. The molecule has 0 amide bonds. The minimum atomic E-state index is 0.182. The van der Waals surface area contributed by atoms with Gasteiger partial charge in [-0.2, -0.15) is 11.8 Å². The van der Waals surface area contributed by atoms with Crippen LogP contribution in [0.15, 0.2) is 4.99 Å². The molecule has 0 heterocycles. The zero-order chi connectivity index (χ0) is 8.85. The molecule has 0 aromatic rings. The molecule has 0 aromatic heterocycles. The van der Waals surface area contributed by atoms with Crippen molar-refractivity contribution in [3.05, 3.63) is 0 Å². The van der Waals surface area contributed by atoms with Crippen LogP contribution in [0.25, 0.3) is 0 Å². The van der Waals surface area contributed by atoms with E-state index in [-0.39, 0.29) is 5.96 Å². The van der Waals surface area contributed by atoms with E-state index >= 15 is 0 Å². The molecule has 0 aliphatic rings. The van der Waals surface area contributed by atoms with Gasteiger partial charge in [0.05, 0.1) is 6.54 Å². The normalized spacial score (nSPS) is 13.1. The quantitative estimate of drug-likeness (QED) is 0.490. The molecule has 0 saturated carbocycles. The Balaban J connectivity index is 3.53. The zero-order valence-electron chi connectivity index (χ0n) is 7.37. The van der Waals surface area contributed by atoms with Crippen molar-refractivity contribution >= 4 is 17.7 Å². The Hall–Kier alpha value is -0.380. The summed E-state index contributed by atoms with van der Waals surface area (Å²) in [6, 6.07) is 0. The smallest absolute Gasteiger partial charge is 0.185 e. The molecule has 0 aromatic carbocycles. The van der Waals surface area contributed by atoms with Crippen LogP contribution in [0, 0.1) is 0 Å². The van der Waals surface area contributed by atoms with Crippen molar-refractivity contribution in [3.8, 4) is 0 Å². The van der Waals surface area contributed by atoms with Gasteiger partial charge in [0, 0.05) is 5.25 Å². The third kappa shape index (κ3) is 7.52. The largest absolute Gasteiger partial charge is 0.370 e. The van der Waals surface area contributed by atoms with Gasteiger partial charge in [-0.15, -0.1) is 0 Å². The van der Waals surface area contributed by atoms with Crippen LogP contribution >= 0.6 is 11.8 Å². The highest BCUT2D eigenvalue weighted by atomic mass is 32.2. The second-order valence-electron chi connectivity index (χ2n) is 2.76. The Labute approximate surface area is 72.6 Å². The molecule has 4 N–H and O–H groups in total. The summed E-state index contributed by atoms with van der Waals surface area (Å²) < 4.78 is 0. The van der Waals surface area contributed by atoms with Crippen LogP contribution in [-0.2, 0) is 0 Å². The maximum absolute atomic E-state index is 5.19. The molecule has 0 saturated heterocycles. The minimum Gasteiger partial charge on any atom is -0.370 e. The summed E-state index contributed by atoms with van der Waals surface area (Å²) in [5.41, 5.74) is 10.4. The van der Waals surface area contributed by atoms with Gasteiger partial charge >= 0.3 is 0 Å². The highest BCUT2D eigenvalue weighted by Gasteiger charge is 2.03. The minimum absolute atomic E-state index is 0.182. The molecule has 0 fully saturated rings. The lowest BCUT2D eigenvalue weighted by Crippen LogP contribution is -2.24. The van der Waals surface area contributed by atoms with Crippen LogP contribution < -0.4 is 11.5 Å². The van der Waals surface area contributed by atoms with Crippen LogP contribution in [0.3, 0.4) is 0 Å². The summed E-state index contributed by atoms with van der Waals surface area (Å²) in [7, 11) is 0. The topological polar surface area (TPSA) is 64.4 Å². The van der Waals surface area contributed by atoms with Gasteiger partial charge in [0.1, 0.15) is 0 Å². The van der Waals surface area contributed by atoms with Gasteiger partial charge < -0.3 is 11.5 Å². The number of nitrogens with two attached hydrogens (primary N) is 2. The second-order valence-corrected chi connectivity index (χ2v) is 4.78. The Morgan fingerprint density at radius 3 is 2.27 bits per heavy atom. The van der Waals surface area contributed by atoms with Crippen molar-refractivity contribution in [3.63, 3.8) is 0 Å². The van der Waals surface area contributed by atoms with E-state index in [1.807, 2.05) is 11.8 Å². The molecule has 1 unspecified atom stereocenters. The van der Waals surface area contributed by atoms with Crippen LogP contribution in [-0.4, -0.2) is 23.0 Å². The van der Waals surface area contributed by atoms with Crippen molar-refractivity contribution in [2.24, 2.45) is 16.5 Å². The lowest BCUT2D eigenvalue weighted by Gasteiger charge is -2.10. The lowest BCUT2D eigenvalue weighted by atomic mass is 10.5. The fourth-order valence-corrected chi connectivity index (χ4v) is 1.83. The van der Waals surface area contributed by atoms with Gasteiger partial charge in [0.15, 0.2) is 5.96 Å². The number of hydrogen-bond acceptors (Lipinski definition) is 2. The van der Waals surface area contributed by atoms with Gasteiger partial charge in [-0.25, -0.2) is 0 Å². The summed E-state index contributed by atoms with van der Waals surface area (Å²) in [4.78, 5) is 3.93. The van der Waals surface area contributed by atoms with E-state index in [9.17, 15) is 0 Å². The van der Waals surface area contributed by atoms with E-state index in [4.69, 9.17) is 11.5 Å². The Bertz CT molecular complexity index is 130. The monoisotopic (exact) mass is 175 g/mol. The molecule has 0 aliphatic heterocycles. The second kappa shape index (κ2) is 5.29. The molecule has 66 valence electrons. The van der Waals surface area contributed by atoms with E-state index < -0.39 is 0 Å². The number of guanidine groups is 1. The van der Waals surface area contributed by atoms with Crippen LogP contribution in [0.5, 0.6) is 0 Å². The number of rotatable bonds is 4. The summed E-state index contributed by atoms with van der Waals surface area (Å²) >= 11 is 1.88. The van der Waals surface area contributed by atoms with Gasteiger partial charge in [-0.05, 0) is 5.25 Å². The summed E-state index contributed by atoms with van der Waals surface area (Å²) in [5.74, 6) is 0.182. The van der Waals surface area contributed by atoms with Gasteiger partial charge in [-0.3, -0.25) is 4.99 Å². The molecular weight excluding hydrogens is 158 g/mol. The van der Waals surface area contributed by atoms with E-state index in [1.54, 1.807) is 0 Å². The highest BCUT2D eigenvalue weighted by Crippen LogP contribution is 2.16. The molecule has 0 aliphatic carbocycles. The standard InChI is InChI=1S/C7H17N3S/c1-5(2)11-6(3)4-10-7(8)9/h5-6H,4H2,1-3H3,(H4,8,9,10). The summed E-state index contributed by atoms with van der Waals surface area (Å²) in [6.07, 6.45) is 0. The van der Waals surface area contributed by atoms with Gasteiger partial charge in [0.25, 0.3) is 0 Å². The molecule has 3 nitrogen and oxygen atoms in total. The van der Waals surface area contributed by atoms with Gasteiger partial charge in [0.2, 0.25) is 0 Å². The lowest BCUT2D eigenvalue weighted by molar-refractivity contribution is 0.934. The predicted octanol–water partition coefficient (Wildman–Crippen LogP) is 0.790. The molecule has 0 spiro atoms. The third-order valence-corrected chi connectivity index (χ3v) is 2.19. The van der Waals surface area contributed by atoms with E-state index in [0.717, 1.165) is 0 Å². The average Bonchev–Trinajstić information content (AvgIpc) is 1.82. The Kier molecular flexibility index (Phi) is 5.11. The first-order valence-corrected chi connectivity index (χ1v) is 4.67. The molecule has 0 rings (SSSR count). The number of aliphatic imine (C=N–C) groups is 1. The molecule has 0 radical (unpaired) electrons. The van der Waals surface area contributed by atoms with Crippen molar-refractivity contribution in [1.82, 2.24) is 0 Å². The summed E-state index contributed by atoms with van der Waals surface area (Å²) in [6.45, 7) is 7.16. The molecule has 4 heteroatoms. The van der Waals surface area contributed by atoms with E-state index in [2.05, 4.69) is 25.8 Å². The number of thioether (sulfide) groups is 1. The average molecular weight is 175 g/mol. The first-order valence-electron chi connectivity index (χ1n) is 3.73. The Morgan fingerprint density at radius 2 is 1.91 bits per heavy atom. The fraction of sp³-hybridized carbons (Fsp3) is 0.857. The Morgan fingerprint density at radius 1 is 1.36 bits per heavy atom. The first-order chi connectivity index (χ1) is 5.02. The molecule has 1 atom stereocenters. The van der Waals surface area contributed by atoms with Crippen molar-refractivity contribution in [2.75, 3.05) is 6.54 Å². The third-order valence-electron chi connectivity index (χ3n) is 1.04. The van der Waals surface area contributed by atoms with Crippen LogP contribution in [0.4, 0.5) is 0 Å². The summed E-state index contributed by atoms with van der Waals surface area (Å²) in [5, 5.41) is 1.14. The highest BCUT2D eigenvalue weighted by molar-refractivity contribution is 8.00.